The van der Waals surface area contributed by atoms with Crippen LogP contribution in [0.5, 0.6) is 0 Å². The van der Waals surface area contributed by atoms with E-state index in [-0.39, 0.29) is 11.5 Å². The second kappa shape index (κ2) is 7.87. The number of nitrogens with zero attached hydrogens (tertiary/aromatic N) is 5. The largest absolute Gasteiger partial charge is 0.339 e. The number of hydrogen-bond acceptors (Lipinski definition) is 6. The van der Waals surface area contributed by atoms with Crippen LogP contribution < -0.4 is 5.56 Å². The lowest BCUT2D eigenvalue weighted by Crippen LogP contribution is -2.42. The molecule has 0 spiro atoms. The van der Waals surface area contributed by atoms with Gasteiger partial charge in [0, 0.05) is 19.1 Å². The minimum Gasteiger partial charge on any atom is -0.339 e. The second-order valence-electron chi connectivity index (χ2n) is 7.78. The highest BCUT2D eigenvalue weighted by atomic mass is 32.2. The minimum atomic E-state index is -0.0200. The molecule has 0 N–H and O–H groups in total. The summed E-state index contributed by atoms with van der Waals surface area (Å²) in [6.45, 7) is 7.69. The summed E-state index contributed by atoms with van der Waals surface area (Å²) in [5.41, 5.74) is 0.796. The SMILES string of the molecule is CC(C)Cn1c(=O)c2sccc2n2c(SCC(=O)N3CCCC[C@H]3C)nnc12. The highest BCUT2D eigenvalue weighted by Gasteiger charge is 2.24. The average molecular weight is 420 g/mol. The Morgan fingerprint density at radius 1 is 1.36 bits per heavy atom. The maximum atomic E-state index is 12.9. The van der Waals surface area contributed by atoms with E-state index in [4.69, 9.17) is 0 Å². The smallest absolute Gasteiger partial charge is 0.272 e. The van der Waals surface area contributed by atoms with Crippen molar-refractivity contribution in [2.45, 2.75) is 57.8 Å². The van der Waals surface area contributed by atoms with Crippen molar-refractivity contribution in [1.29, 1.82) is 0 Å². The third kappa shape index (κ3) is 3.45. The molecule has 1 amide bonds. The molecule has 3 aromatic heterocycles. The van der Waals surface area contributed by atoms with Crippen LogP contribution in [0.25, 0.3) is 16.0 Å². The zero-order valence-corrected chi connectivity index (χ0v) is 18.1. The van der Waals surface area contributed by atoms with Gasteiger partial charge >= 0.3 is 0 Å². The van der Waals surface area contributed by atoms with Crippen LogP contribution in [0.3, 0.4) is 0 Å². The molecule has 28 heavy (non-hydrogen) atoms. The molecule has 1 fully saturated rings. The number of carbonyl (C=O) groups is 1. The molecule has 150 valence electrons. The molecule has 7 nitrogen and oxygen atoms in total. The highest BCUT2D eigenvalue weighted by molar-refractivity contribution is 7.99. The van der Waals surface area contributed by atoms with Crippen LogP contribution in [-0.4, -0.2) is 48.3 Å². The van der Waals surface area contributed by atoms with Gasteiger partial charge in [-0.15, -0.1) is 21.5 Å². The van der Waals surface area contributed by atoms with Crippen molar-refractivity contribution in [3.63, 3.8) is 0 Å². The summed E-state index contributed by atoms with van der Waals surface area (Å²) in [6.07, 6.45) is 3.34. The molecule has 9 heteroatoms. The molecule has 4 rings (SSSR count). The Bertz CT molecular complexity index is 1070. The Balaban J connectivity index is 1.68. The number of rotatable bonds is 5. The van der Waals surface area contributed by atoms with Crippen molar-refractivity contribution in [3.8, 4) is 0 Å². The lowest BCUT2D eigenvalue weighted by molar-refractivity contribution is -0.131. The van der Waals surface area contributed by atoms with E-state index in [0.717, 1.165) is 24.9 Å². The molecule has 0 bridgehead atoms. The normalized spacial score (nSPS) is 17.9. The average Bonchev–Trinajstić information content (AvgIpc) is 3.30. The van der Waals surface area contributed by atoms with Gasteiger partial charge in [-0.3, -0.25) is 18.6 Å². The molecule has 1 aliphatic rings. The van der Waals surface area contributed by atoms with Gasteiger partial charge in [-0.25, -0.2) is 0 Å². The number of fused-ring (bicyclic) bond motifs is 3. The van der Waals surface area contributed by atoms with Crippen molar-refractivity contribution in [2.24, 2.45) is 5.92 Å². The van der Waals surface area contributed by atoms with Gasteiger partial charge in [-0.2, -0.15) is 0 Å². The molecule has 4 heterocycles. The summed E-state index contributed by atoms with van der Waals surface area (Å²) >= 11 is 2.83. The number of amides is 1. The van der Waals surface area contributed by atoms with Crippen LogP contribution in [0.1, 0.15) is 40.0 Å². The third-order valence-corrected chi connectivity index (χ3v) is 6.98. The van der Waals surface area contributed by atoms with Gasteiger partial charge in [-0.05, 0) is 43.6 Å². The Morgan fingerprint density at radius 3 is 2.93 bits per heavy atom. The summed E-state index contributed by atoms with van der Waals surface area (Å²) in [5.74, 6) is 1.34. The molecule has 3 aromatic rings. The Morgan fingerprint density at radius 2 is 2.18 bits per heavy atom. The third-order valence-electron chi connectivity index (χ3n) is 5.18. The maximum absolute atomic E-state index is 12.9. The van der Waals surface area contributed by atoms with Gasteiger partial charge < -0.3 is 4.90 Å². The van der Waals surface area contributed by atoms with E-state index in [9.17, 15) is 9.59 Å². The molecule has 0 aliphatic carbocycles. The van der Waals surface area contributed by atoms with Gasteiger partial charge in [0.25, 0.3) is 5.56 Å². The van der Waals surface area contributed by atoms with Crippen molar-refractivity contribution >= 4 is 45.0 Å². The van der Waals surface area contributed by atoms with E-state index in [1.54, 1.807) is 4.57 Å². The summed E-state index contributed by atoms with van der Waals surface area (Å²) in [4.78, 5) is 27.6. The van der Waals surface area contributed by atoms with Gasteiger partial charge in [0.05, 0.1) is 11.3 Å². The predicted molar refractivity (Wildman–Crippen MR) is 113 cm³/mol. The number of thioether (sulfide) groups is 1. The first kappa shape index (κ1) is 19.4. The first-order valence-electron chi connectivity index (χ1n) is 9.74. The molecule has 0 saturated carbocycles. The van der Waals surface area contributed by atoms with Crippen molar-refractivity contribution < 1.29 is 4.79 Å². The fourth-order valence-electron chi connectivity index (χ4n) is 3.80. The van der Waals surface area contributed by atoms with E-state index in [1.165, 1.54) is 29.5 Å². The number of piperidine rings is 1. The van der Waals surface area contributed by atoms with E-state index in [0.29, 0.717) is 39.9 Å². The lowest BCUT2D eigenvalue weighted by atomic mass is 10.0. The topological polar surface area (TPSA) is 72.5 Å². The van der Waals surface area contributed by atoms with Crippen molar-refractivity contribution in [1.82, 2.24) is 24.1 Å². The first-order valence-corrected chi connectivity index (χ1v) is 11.6. The van der Waals surface area contributed by atoms with Crippen LogP contribution in [-0.2, 0) is 11.3 Å². The fourth-order valence-corrected chi connectivity index (χ4v) is 5.45. The van der Waals surface area contributed by atoms with Crippen LogP contribution in [0.4, 0.5) is 0 Å². The number of carbonyl (C=O) groups excluding carboxylic acids is 1. The summed E-state index contributed by atoms with van der Waals surface area (Å²) in [7, 11) is 0. The van der Waals surface area contributed by atoms with Crippen LogP contribution >= 0.6 is 23.1 Å². The zero-order valence-electron chi connectivity index (χ0n) is 16.4. The number of hydrogen-bond donors (Lipinski definition) is 0. The Kier molecular flexibility index (Phi) is 5.46. The van der Waals surface area contributed by atoms with Gasteiger partial charge in [-0.1, -0.05) is 25.6 Å². The number of likely N-dealkylation sites (tertiary alicyclic amines) is 1. The number of aromatic nitrogens is 4. The van der Waals surface area contributed by atoms with Crippen molar-refractivity contribution in [3.05, 3.63) is 21.8 Å². The molecular weight excluding hydrogens is 394 g/mol. The van der Waals surface area contributed by atoms with Crippen LogP contribution in [0, 0.1) is 5.92 Å². The van der Waals surface area contributed by atoms with E-state index in [2.05, 4.69) is 31.0 Å². The molecule has 0 unspecified atom stereocenters. The molecule has 1 saturated heterocycles. The van der Waals surface area contributed by atoms with E-state index in [1.807, 2.05) is 20.7 Å². The van der Waals surface area contributed by atoms with Gasteiger partial charge in [0.15, 0.2) is 5.16 Å². The van der Waals surface area contributed by atoms with E-state index >= 15 is 0 Å². The quantitative estimate of drug-likeness (QED) is 0.594. The number of thiophene rings is 1. The van der Waals surface area contributed by atoms with Crippen LogP contribution in [0.15, 0.2) is 21.4 Å². The Hall–Kier alpha value is -1.87. The standard InChI is InChI=1S/C19H25N5O2S2/c1-12(2)10-23-17(26)16-14(7-9-27-16)24-18(23)20-21-19(24)28-11-15(25)22-8-5-4-6-13(22)3/h7,9,12-13H,4-6,8,10-11H2,1-3H3/t13-/m1/s1. The van der Waals surface area contributed by atoms with Crippen LogP contribution in [0.2, 0.25) is 0 Å². The molecule has 1 atom stereocenters. The molecule has 1 aliphatic heterocycles. The zero-order chi connectivity index (χ0) is 19.8. The first-order chi connectivity index (χ1) is 13.5. The maximum Gasteiger partial charge on any atom is 0.272 e. The Labute approximate surface area is 171 Å². The lowest BCUT2D eigenvalue weighted by Gasteiger charge is -2.33. The molecular formula is C19H25N5O2S2. The van der Waals surface area contributed by atoms with Crippen molar-refractivity contribution in [2.75, 3.05) is 12.3 Å². The highest BCUT2D eigenvalue weighted by Crippen LogP contribution is 2.26. The summed E-state index contributed by atoms with van der Waals surface area (Å²) in [6, 6.07) is 2.23. The predicted octanol–water partition coefficient (Wildman–Crippen LogP) is 3.25. The molecule has 0 radical (unpaired) electrons. The minimum absolute atomic E-state index is 0.0200. The summed E-state index contributed by atoms with van der Waals surface area (Å²) in [5, 5.41) is 11.2. The van der Waals surface area contributed by atoms with Gasteiger partial charge in [0.2, 0.25) is 11.7 Å². The van der Waals surface area contributed by atoms with E-state index < -0.39 is 0 Å². The summed E-state index contributed by atoms with van der Waals surface area (Å²) < 4.78 is 4.33. The second-order valence-corrected chi connectivity index (χ2v) is 9.64. The van der Waals surface area contributed by atoms with Gasteiger partial charge in [0.1, 0.15) is 4.70 Å². The molecule has 0 aromatic carbocycles. The fraction of sp³-hybridized carbons (Fsp3) is 0.579. The monoisotopic (exact) mass is 419 g/mol.